The minimum atomic E-state index is 0.735. The molecule has 3 rings (SSSR count). The van der Waals surface area contributed by atoms with E-state index in [4.69, 9.17) is 0 Å². The first kappa shape index (κ1) is 17.7. The predicted octanol–water partition coefficient (Wildman–Crippen LogP) is 3.11. The lowest BCUT2D eigenvalue weighted by Crippen LogP contribution is -2.36. The molecule has 5 nitrogen and oxygen atoms in total. The Bertz CT molecular complexity index is 835. The molecule has 0 aliphatic carbocycles. The van der Waals surface area contributed by atoms with Crippen molar-refractivity contribution in [3.63, 3.8) is 0 Å². The summed E-state index contributed by atoms with van der Waals surface area (Å²) in [5.74, 6) is 0.800. The molecule has 134 valence electrons. The van der Waals surface area contributed by atoms with Crippen molar-refractivity contribution in [1.29, 1.82) is 0 Å². The van der Waals surface area contributed by atoms with Gasteiger partial charge in [0.25, 0.3) is 0 Å². The van der Waals surface area contributed by atoms with Crippen molar-refractivity contribution in [2.45, 2.75) is 26.6 Å². The van der Waals surface area contributed by atoms with Gasteiger partial charge in [0.15, 0.2) is 5.96 Å². The zero-order valence-corrected chi connectivity index (χ0v) is 15.3. The van der Waals surface area contributed by atoms with Gasteiger partial charge in [-0.1, -0.05) is 54.1 Å². The van der Waals surface area contributed by atoms with E-state index in [0.29, 0.717) is 0 Å². The standard InChI is InChI=1S/C21H25N5/c1-17-4-3-5-20(12-17)14-25-21(22-2)24-13-18-6-8-19(9-7-18)15-26-11-10-23-16-26/h3-12,16H,13-15H2,1-2H3,(H2,22,24,25). The highest BCUT2D eigenvalue weighted by molar-refractivity contribution is 5.79. The second-order valence-electron chi connectivity index (χ2n) is 6.32. The Morgan fingerprint density at radius 3 is 2.38 bits per heavy atom. The third kappa shape index (κ3) is 5.21. The summed E-state index contributed by atoms with van der Waals surface area (Å²) in [7, 11) is 1.79. The number of nitrogens with zero attached hydrogens (tertiary/aromatic N) is 3. The average molecular weight is 347 g/mol. The van der Waals surface area contributed by atoms with E-state index >= 15 is 0 Å². The highest BCUT2D eigenvalue weighted by atomic mass is 15.2. The minimum absolute atomic E-state index is 0.735. The Kier molecular flexibility index (Phi) is 6.04. The van der Waals surface area contributed by atoms with E-state index in [2.05, 4.69) is 80.6 Å². The Morgan fingerprint density at radius 1 is 1.00 bits per heavy atom. The van der Waals surface area contributed by atoms with E-state index in [0.717, 1.165) is 25.6 Å². The molecule has 0 amide bonds. The molecule has 0 fully saturated rings. The van der Waals surface area contributed by atoms with E-state index in [1.807, 2.05) is 12.5 Å². The molecule has 0 aliphatic heterocycles. The Morgan fingerprint density at radius 2 is 1.73 bits per heavy atom. The molecule has 1 aromatic heterocycles. The first-order valence-electron chi connectivity index (χ1n) is 8.76. The summed E-state index contributed by atoms with van der Waals surface area (Å²) in [5.41, 5.74) is 4.99. The van der Waals surface area contributed by atoms with Gasteiger partial charge in [0.05, 0.1) is 6.33 Å². The molecule has 1 heterocycles. The van der Waals surface area contributed by atoms with Gasteiger partial charge < -0.3 is 15.2 Å². The molecular formula is C21H25N5. The fourth-order valence-corrected chi connectivity index (χ4v) is 2.77. The molecule has 2 aromatic carbocycles. The first-order valence-corrected chi connectivity index (χ1v) is 8.76. The molecule has 0 spiro atoms. The van der Waals surface area contributed by atoms with E-state index < -0.39 is 0 Å². The summed E-state index contributed by atoms with van der Waals surface area (Å²) >= 11 is 0. The maximum atomic E-state index is 4.29. The number of nitrogens with one attached hydrogen (secondary N) is 2. The van der Waals surface area contributed by atoms with Gasteiger partial charge >= 0.3 is 0 Å². The van der Waals surface area contributed by atoms with Crippen LogP contribution in [0.25, 0.3) is 0 Å². The Hall–Kier alpha value is -3.08. The van der Waals surface area contributed by atoms with Crippen LogP contribution >= 0.6 is 0 Å². The van der Waals surface area contributed by atoms with Crippen molar-refractivity contribution in [1.82, 2.24) is 20.2 Å². The number of aryl methyl sites for hydroxylation is 1. The van der Waals surface area contributed by atoms with Crippen LogP contribution in [0, 0.1) is 6.92 Å². The highest BCUT2D eigenvalue weighted by Gasteiger charge is 2.01. The van der Waals surface area contributed by atoms with E-state index in [1.54, 1.807) is 13.2 Å². The summed E-state index contributed by atoms with van der Waals surface area (Å²) in [6.45, 7) is 4.44. The van der Waals surface area contributed by atoms with Crippen LogP contribution < -0.4 is 10.6 Å². The molecule has 0 bridgehead atoms. The van der Waals surface area contributed by atoms with Crippen molar-refractivity contribution in [2.24, 2.45) is 4.99 Å². The van der Waals surface area contributed by atoms with Gasteiger partial charge in [0.2, 0.25) is 0 Å². The van der Waals surface area contributed by atoms with Crippen molar-refractivity contribution < 1.29 is 0 Å². The number of aliphatic imine (C=N–C) groups is 1. The van der Waals surface area contributed by atoms with Crippen LogP contribution in [0.5, 0.6) is 0 Å². The van der Waals surface area contributed by atoms with Gasteiger partial charge in [0.1, 0.15) is 0 Å². The molecule has 0 saturated heterocycles. The van der Waals surface area contributed by atoms with Gasteiger partial charge in [0, 0.05) is 39.1 Å². The number of benzene rings is 2. The van der Waals surface area contributed by atoms with Crippen LogP contribution in [0.15, 0.2) is 72.2 Å². The number of rotatable bonds is 6. The fraction of sp³-hybridized carbons (Fsp3) is 0.238. The molecule has 2 N–H and O–H groups in total. The summed E-state index contributed by atoms with van der Waals surface area (Å²) in [6, 6.07) is 17.1. The van der Waals surface area contributed by atoms with Gasteiger partial charge in [-0.3, -0.25) is 4.99 Å². The predicted molar refractivity (Wildman–Crippen MR) is 106 cm³/mol. The number of hydrogen-bond acceptors (Lipinski definition) is 2. The minimum Gasteiger partial charge on any atom is -0.352 e. The van der Waals surface area contributed by atoms with Crippen molar-refractivity contribution >= 4 is 5.96 Å². The molecule has 0 unspecified atom stereocenters. The van der Waals surface area contributed by atoms with Gasteiger partial charge in [-0.2, -0.15) is 0 Å². The van der Waals surface area contributed by atoms with Crippen molar-refractivity contribution in [3.05, 3.63) is 89.5 Å². The second-order valence-corrected chi connectivity index (χ2v) is 6.32. The Balaban J connectivity index is 1.48. The second kappa shape index (κ2) is 8.85. The van der Waals surface area contributed by atoms with E-state index in [1.165, 1.54) is 22.3 Å². The Labute approximate surface area is 154 Å². The lowest BCUT2D eigenvalue weighted by Gasteiger charge is -2.13. The fourth-order valence-electron chi connectivity index (χ4n) is 2.77. The molecule has 3 aromatic rings. The van der Waals surface area contributed by atoms with Crippen LogP contribution in [0.4, 0.5) is 0 Å². The molecule has 0 atom stereocenters. The number of imidazole rings is 1. The lowest BCUT2D eigenvalue weighted by molar-refractivity contribution is 0.792. The zero-order valence-electron chi connectivity index (χ0n) is 15.3. The van der Waals surface area contributed by atoms with E-state index in [9.17, 15) is 0 Å². The molecule has 26 heavy (non-hydrogen) atoms. The van der Waals surface area contributed by atoms with E-state index in [-0.39, 0.29) is 0 Å². The van der Waals surface area contributed by atoms with Crippen molar-refractivity contribution in [3.8, 4) is 0 Å². The SMILES string of the molecule is CN=C(NCc1ccc(Cn2ccnc2)cc1)NCc1cccc(C)c1. The summed E-state index contributed by atoms with van der Waals surface area (Å²) in [5, 5.41) is 6.71. The summed E-state index contributed by atoms with van der Waals surface area (Å²) in [4.78, 5) is 8.36. The number of hydrogen-bond donors (Lipinski definition) is 2. The van der Waals surface area contributed by atoms with Gasteiger partial charge in [-0.05, 0) is 23.6 Å². The zero-order chi connectivity index (χ0) is 18.2. The van der Waals surface area contributed by atoms with Crippen molar-refractivity contribution in [2.75, 3.05) is 7.05 Å². The molecule has 0 aliphatic rings. The lowest BCUT2D eigenvalue weighted by atomic mass is 10.1. The van der Waals surface area contributed by atoms with Crippen LogP contribution in [-0.2, 0) is 19.6 Å². The maximum absolute atomic E-state index is 4.29. The van der Waals surface area contributed by atoms with Crippen LogP contribution in [0.3, 0.4) is 0 Å². The summed E-state index contributed by atoms with van der Waals surface area (Å²) in [6.07, 6.45) is 5.60. The summed E-state index contributed by atoms with van der Waals surface area (Å²) < 4.78 is 2.06. The topological polar surface area (TPSA) is 54.2 Å². The normalized spacial score (nSPS) is 11.4. The largest absolute Gasteiger partial charge is 0.352 e. The third-order valence-corrected chi connectivity index (χ3v) is 4.17. The number of aromatic nitrogens is 2. The maximum Gasteiger partial charge on any atom is 0.191 e. The molecule has 0 radical (unpaired) electrons. The molecule has 5 heteroatoms. The molecule has 0 saturated carbocycles. The highest BCUT2D eigenvalue weighted by Crippen LogP contribution is 2.07. The third-order valence-electron chi connectivity index (χ3n) is 4.17. The van der Waals surface area contributed by atoms with Crippen LogP contribution in [0.1, 0.15) is 22.3 Å². The first-order chi connectivity index (χ1) is 12.7. The van der Waals surface area contributed by atoms with Crippen LogP contribution in [-0.4, -0.2) is 22.6 Å². The smallest absolute Gasteiger partial charge is 0.191 e. The van der Waals surface area contributed by atoms with Gasteiger partial charge in [-0.15, -0.1) is 0 Å². The molecular weight excluding hydrogens is 322 g/mol. The monoisotopic (exact) mass is 347 g/mol. The van der Waals surface area contributed by atoms with Gasteiger partial charge in [-0.25, -0.2) is 4.98 Å². The quantitative estimate of drug-likeness (QED) is 0.532. The average Bonchev–Trinajstić information content (AvgIpc) is 3.16. The number of guanidine groups is 1. The van der Waals surface area contributed by atoms with Crippen LogP contribution in [0.2, 0.25) is 0 Å².